The maximum Gasteiger partial charge on any atom is 0.0403 e. The lowest BCUT2D eigenvalue weighted by atomic mass is 9.81. The molecule has 0 aromatic rings. The molecule has 2 aliphatic carbocycles. The van der Waals surface area contributed by atoms with E-state index >= 15 is 0 Å². The Morgan fingerprint density at radius 1 is 1.33 bits per heavy atom. The smallest absolute Gasteiger partial charge is 0.0403 e. The van der Waals surface area contributed by atoms with Gasteiger partial charge in [-0.25, -0.2) is 0 Å². The van der Waals surface area contributed by atoms with Gasteiger partial charge in [-0.15, -0.1) is 0 Å². The van der Waals surface area contributed by atoms with Gasteiger partial charge in [-0.05, 0) is 43.6 Å². The molecule has 0 unspecified atom stereocenters. The zero-order valence-corrected chi connectivity index (χ0v) is 13.7. The van der Waals surface area contributed by atoms with E-state index in [-0.39, 0.29) is 0 Å². The molecule has 0 aromatic heterocycles. The zero-order chi connectivity index (χ0) is 13.0. The highest BCUT2D eigenvalue weighted by Crippen LogP contribution is 2.58. The van der Waals surface area contributed by atoms with Crippen LogP contribution in [-0.2, 0) is 0 Å². The number of hydrogen-bond acceptors (Lipinski definition) is 2. The van der Waals surface area contributed by atoms with E-state index in [0.717, 1.165) is 11.2 Å². The van der Waals surface area contributed by atoms with E-state index < -0.39 is 0 Å². The minimum absolute atomic E-state index is 0.548. The third kappa shape index (κ3) is 2.80. The summed E-state index contributed by atoms with van der Waals surface area (Å²) in [5, 5.41) is 0.745. The lowest BCUT2D eigenvalue weighted by Gasteiger charge is -2.42. The predicted octanol–water partition coefficient (Wildman–Crippen LogP) is 5.53. The largest absolute Gasteiger partial charge is 0.157 e. The van der Waals surface area contributed by atoms with Gasteiger partial charge in [-0.1, -0.05) is 44.8 Å². The van der Waals surface area contributed by atoms with Gasteiger partial charge in [0.25, 0.3) is 0 Å². The van der Waals surface area contributed by atoms with Crippen molar-refractivity contribution in [3.63, 3.8) is 0 Å². The Morgan fingerprint density at radius 2 is 2.17 bits per heavy atom. The summed E-state index contributed by atoms with van der Waals surface area (Å²) in [4.78, 5) is 0. The molecule has 2 saturated carbocycles. The maximum atomic E-state index is 4.42. The average Bonchev–Trinajstić information content (AvgIpc) is 2.67. The Balaban J connectivity index is 1.99. The summed E-state index contributed by atoms with van der Waals surface area (Å²) in [7, 11) is 0. The van der Waals surface area contributed by atoms with Crippen LogP contribution in [0.3, 0.4) is 0 Å². The van der Waals surface area contributed by atoms with E-state index in [1.807, 2.05) is 0 Å². The van der Waals surface area contributed by atoms with Crippen LogP contribution in [0.5, 0.6) is 0 Å². The fraction of sp³-hybridized carbons (Fsp3) is 0.875. The van der Waals surface area contributed by atoms with Crippen molar-refractivity contribution in [3.05, 3.63) is 12.2 Å². The molecule has 0 aromatic carbocycles. The molecular weight excluding hydrogens is 256 g/mol. The third-order valence-electron chi connectivity index (χ3n) is 4.80. The molecular formula is C16H28S2. The average molecular weight is 285 g/mol. The fourth-order valence-electron chi connectivity index (χ4n) is 3.82. The number of unbranched alkanes of at least 4 members (excludes halogenated alkanes) is 2. The van der Waals surface area contributed by atoms with Gasteiger partial charge in [0.2, 0.25) is 0 Å². The van der Waals surface area contributed by atoms with Crippen LogP contribution in [0.4, 0.5) is 0 Å². The van der Waals surface area contributed by atoms with Crippen LogP contribution in [0.1, 0.15) is 58.3 Å². The lowest BCUT2D eigenvalue weighted by molar-refractivity contribution is 0.316. The van der Waals surface area contributed by atoms with Gasteiger partial charge >= 0.3 is 0 Å². The van der Waals surface area contributed by atoms with E-state index in [4.69, 9.17) is 0 Å². The molecule has 0 spiro atoms. The summed E-state index contributed by atoms with van der Waals surface area (Å²) >= 11 is 4.38. The normalized spacial score (nSPS) is 35.8. The molecule has 0 bridgehead atoms. The second kappa shape index (κ2) is 6.74. The molecule has 2 aliphatic rings. The first-order chi connectivity index (χ1) is 8.74. The van der Waals surface area contributed by atoms with Crippen LogP contribution >= 0.6 is 23.5 Å². The fourth-order valence-corrected chi connectivity index (χ4v) is 7.10. The topological polar surface area (TPSA) is 0 Å². The summed E-state index contributed by atoms with van der Waals surface area (Å²) in [6.07, 6.45) is 13.5. The van der Waals surface area contributed by atoms with Gasteiger partial charge in [-0.3, -0.25) is 0 Å². The first kappa shape index (κ1) is 14.8. The third-order valence-corrected chi connectivity index (χ3v) is 8.09. The molecule has 0 amide bonds. The highest BCUT2D eigenvalue weighted by Gasteiger charge is 2.52. The number of fused-ring (bicyclic) bond motifs is 1. The summed E-state index contributed by atoms with van der Waals surface area (Å²) < 4.78 is 0.548. The van der Waals surface area contributed by atoms with Crippen molar-refractivity contribution in [3.8, 4) is 0 Å². The zero-order valence-electron chi connectivity index (χ0n) is 12.0. The van der Waals surface area contributed by atoms with Crippen LogP contribution in [0.15, 0.2) is 12.2 Å². The molecule has 18 heavy (non-hydrogen) atoms. The molecule has 2 rings (SSSR count). The summed E-state index contributed by atoms with van der Waals surface area (Å²) in [6, 6.07) is 0. The maximum absolute atomic E-state index is 4.42. The Bertz CT molecular complexity index is 287. The van der Waals surface area contributed by atoms with Gasteiger partial charge in [0.05, 0.1) is 0 Å². The van der Waals surface area contributed by atoms with Crippen LogP contribution in [0.25, 0.3) is 0 Å². The molecule has 0 radical (unpaired) electrons. The van der Waals surface area contributed by atoms with Crippen molar-refractivity contribution in [1.82, 2.24) is 0 Å². The first-order valence-electron chi connectivity index (χ1n) is 7.59. The SMILES string of the molecule is C=C1C[C@@H]2CCCC[C@]2(SC)[C@@H]1SCCCCC. The highest BCUT2D eigenvalue weighted by atomic mass is 32.2. The van der Waals surface area contributed by atoms with Crippen molar-refractivity contribution in [2.24, 2.45) is 5.92 Å². The molecule has 0 nitrogen and oxygen atoms in total. The second-order valence-electron chi connectivity index (χ2n) is 5.92. The van der Waals surface area contributed by atoms with Gasteiger partial charge < -0.3 is 0 Å². The number of thioether (sulfide) groups is 2. The summed E-state index contributed by atoms with van der Waals surface area (Å²) in [5.74, 6) is 2.27. The molecule has 0 saturated heterocycles. The Labute approximate surface area is 122 Å². The van der Waals surface area contributed by atoms with Gasteiger partial charge in [0.1, 0.15) is 0 Å². The van der Waals surface area contributed by atoms with E-state index in [1.54, 1.807) is 5.57 Å². The number of hydrogen-bond donors (Lipinski definition) is 0. The second-order valence-corrected chi connectivity index (χ2v) is 8.30. The Morgan fingerprint density at radius 3 is 2.89 bits per heavy atom. The molecule has 0 N–H and O–H groups in total. The Hall–Kier alpha value is 0.440. The van der Waals surface area contributed by atoms with E-state index in [0.29, 0.717) is 4.75 Å². The van der Waals surface area contributed by atoms with Crippen molar-refractivity contribution in [1.29, 1.82) is 0 Å². The summed E-state index contributed by atoms with van der Waals surface area (Å²) in [6.45, 7) is 6.71. The molecule has 3 atom stereocenters. The van der Waals surface area contributed by atoms with Crippen LogP contribution in [0.2, 0.25) is 0 Å². The lowest BCUT2D eigenvalue weighted by Crippen LogP contribution is -2.40. The van der Waals surface area contributed by atoms with E-state index in [2.05, 4.69) is 43.3 Å². The number of rotatable bonds is 6. The standard InChI is InChI=1S/C16H28S2/c1-4-5-8-11-18-15-13(2)12-14-9-6-7-10-16(14,15)17-3/h14-15H,2,4-12H2,1,3H3/t14-,15+,16+/m0/s1. The van der Waals surface area contributed by atoms with Crippen LogP contribution < -0.4 is 0 Å². The van der Waals surface area contributed by atoms with Crippen LogP contribution in [-0.4, -0.2) is 22.0 Å². The van der Waals surface area contributed by atoms with Gasteiger partial charge in [0, 0.05) is 10.00 Å². The summed E-state index contributed by atoms with van der Waals surface area (Å²) in [5.41, 5.74) is 1.55. The van der Waals surface area contributed by atoms with Crippen molar-refractivity contribution in [2.45, 2.75) is 68.3 Å². The molecule has 0 heterocycles. The van der Waals surface area contributed by atoms with E-state index in [9.17, 15) is 0 Å². The Kier molecular flexibility index (Phi) is 5.56. The van der Waals surface area contributed by atoms with E-state index in [1.165, 1.54) is 57.1 Å². The first-order valence-corrected chi connectivity index (χ1v) is 9.86. The molecule has 104 valence electrons. The molecule has 2 heteroatoms. The minimum atomic E-state index is 0.548. The quantitative estimate of drug-likeness (QED) is 0.464. The van der Waals surface area contributed by atoms with Gasteiger partial charge in [0.15, 0.2) is 0 Å². The van der Waals surface area contributed by atoms with Crippen molar-refractivity contribution in [2.75, 3.05) is 12.0 Å². The van der Waals surface area contributed by atoms with Crippen LogP contribution in [0, 0.1) is 5.92 Å². The van der Waals surface area contributed by atoms with Crippen molar-refractivity contribution >= 4 is 23.5 Å². The molecule has 0 aliphatic heterocycles. The van der Waals surface area contributed by atoms with Crippen molar-refractivity contribution < 1.29 is 0 Å². The monoisotopic (exact) mass is 284 g/mol. The highest BCUT2D eigenvalue weighted by molar-refractivity contribution is 8.04. The molecule has 2 fully saturated rings. The minimum Gasteiger partial charge on any atom is -0.157 e. The predicted molar refractivity (Wildman–Crippen MR) is 87.7 cm³/mol. The van der Waals surface area contributed by atoms with Gasteiger partial charge in [-0.2, -0.15) is 23.5 Å².